The monoisotopic (exact) mass is 343 g/mol. The first-order chi connectivity index (χ1) is 10.5. The topological polar surface area (TPSA) is 80.3 Å². The summed E-state index contributed by atoms with van der Waals surface area (Å²) in [6.07, 6.45) is 3.16. The molecule has 0 spiro atoms. The van der Waals surface area contributed by atoms with Crippen molar-refractivity contribution in [2.75, 3.05) is 18.1 Å². The Morgan fingerprint density at radius 2 is 1.82 bits per heavy atom. The Hall–Kier alpha value is -1.21. The summed E-state index contributed by atoms with van der Waals surface area (Å²) in [5.74, 6) is -0.688. The lowest BCUT2D eigenvalue weighted by atomic mass is 10.4. The van der Waals surface area contributed by atoms with Gasteiger partial charge in [-0.2, -0.15) is 0 Å². The molecule has 0 bridgehead atoms. The van der Waals surface area contributed by atoms with E-state index in [1.807, 2.05) is 6.07 Å². The highest BCUT2D eigenvalue weighted by atomic mass is 32.2. The van der Waals surface area contributed by atoms with Crippen molar-refractivity contribution in [3.8, 4) is 0 Å². The van der Waals surface area contributed by atoms with Crippen molar-refractivity contribution in [2.45, 2.75) is 35.8 Å². The maximum Gasteiger partial charge on any atom is 0.235 e. The van der Waals surface area contributed by atoms with Crippen molar-refractivity contribution >= 4 is 26.5 Å². The molecule has 1 aromatic rings. The van der Waals surface area contributed by atoms with Crippen LogP contribution >= 0.6 is 0 Å². The van der Waals surface area contributed by atoms with Crippen LogP contribution < -0.4 is 5.32 Å². The highest BCUT2D eigenvalue weighted by molar-refractivity contribution is 7.92. The summed E-state index contributed by atoms with van der Waals surface area (Å²) in [6, 6.07) is 8.99. The van der Waals surface area contributed by atoms with E-state index in [-0.39, 0.29) is 17.5 Å². The number of carbonyl (C=O) groups is 1. The van der Waals surface area contributed by atoms with Crippen LogP contribution in [0.1, 0.15) is 25.7 Å². The Morgan fingerprint density at radius 1 is 1.18 bits per heavy atom. The van der Waals surface area contributed by atoms with Gasteiger partial charge >= 0.3 is 0 Å². The van der Waals surface area contributed by atoms with Gasteiger partial charge < -0.3 is 5.32 Å². The van der Waals surface area contributed by atoms with Crippen LogP contribution in [0.3, 0.4) is 0 Å². The van der Waals surface area contributed by atoms with Crippen molar-refractivity contribution in [1.29, 1.82) is 0 Å². The van der Waals surface area contributed by atoms with Crippen LogP contribution in [0.5, 0.6) is 0 Å². The lowest BCUT2D eigenvalue weighted by Gasteiger charge is -2.11. The van der Waals surface area contributed by atoms with Gasteiger partial charge in [0.25, 0.3) is 0 Å². The molecule has 2 rings (SSSR count). The molecule has 1 amide bonds. The molecule has 0 aliphatic heterocycles. The lowest BCUT2D eigenvalue weighted by molar-refractivity contribution is -0.118. The number of rotatable bonds is 7. The summed E-state index contributed by atoms with van der Waals surface area (Å²) in [6.45, 7) is 0.209. The normalized spacial score (nSPS) is 17.3. The minimum Gasteiger partial charge on any atom is -0.354 e. The molecule has 122 valence electrons. The van der Waals surface area contributed by atoms with Gasteiger partial charge in [-0.1, -0.05) is 31.0 Å². The fourth-order valence-electron chi connectivity index (χ4n) is 2.57. The molecule has 0 aromatic heterocycles. The Balaban J connectivity index is 1.75. The van der Waals surface area contributed by atoms with E-state index in [2.05, 4.69) is 5.32 Å². The summed E-state index contributed by atoms with van der Waals surface area (Å²) >= 11 is 0. The minimum atomic E-state index is -3.35. The van der Waals surface area contributed by atoms with Gasteiger partial charge in [0.2, 0.25) is 5.91 Å². The van der Waals surface area contributed by atoms with Gasteiger partial charge in [0.05, 0.1) is 16.0 Å². The van der Waals surface area contributed by atoms with Crippen LogP contribution in [-0.2, 0) is 25.4 Å². The predicted molar refractivity (Wildman–Crippen MR) is 86.8 cm³/mol. The molecule has 5 nitrogen and oxygen atoms in total. The highest BCUT2D eigenvalue weighted by Crippen LogP contribution is 2.25. The summed E-state index contributed by atoms with van der Waals surface area (Å²) in [4.78, 5) is 12.4. The number of carbonyl (C=O) groups excluding carboxylic acids is 1. The first-order valence-corrected chi connectivity index (χ1v) is 10.4. The molecule has 1 fully saturated rings. The molecule has 1 aliphatic carbocycles. The molecule has 1 aromatic carbocycles. The van der Waals surface area contributed by atoms with Crippen molar-refractivity contribution in [3.63, 3.8) is 0 Å². The van der Waals surface area contributed by atoms with Gasteiger partial charge in [-0.05, 0) is 25.0 Å². The van der Waals surface area contributed by atoms with E-state index < -0.39 is 32.3 Å². The van der Waals surface area contributed by atoms with Crippen LogP contribution in [0.15, 0.2) is 35.2 Å². The first kappa shape index (κ1) is 17.1. The third-order valence-electron chi connectivity index (χ3n) is 3.76. The van der Waals surface area contributed by atoms with Gasteiger partial charge in [-0.15, -0.1) is 0 Å². The lowest BCUT2D eigenvalue weighted by Crippen LogP contribution is -2.35. The van der Waals surface area contributed by atoms with Gasteiger partial charge in [-0.25, -0.2) is 8.42 Å². The Bertz CT molecular complexity index is 622. The fraction of sp³-hybridized carbons (Fsp3) is 0.533. The molecular formula is C15H21NO4S2. The summed E-state index contributed by atoms with van der Waals surface area (Å²) < 4.78 is 36.0. The molecule has 1 unspecified atom stereocenters. The second-order valence-corrected chi connectivity index (χ2v) is 9.28. The van der Waals surface area contributed by atoms with E-state index >= 15 is 0 Å². The van der Waals surface area contributed by atoms with Crippen molar-refractivity contribution in [2.24, 2.45) is 0 Å². The van der Waals surface area contributed by atoms with Gasteiger partial charge in [-0.3, -0.25) is 9.00 Å². The zero-order valence-electron chi connectivity index (χ0n) is 12.4. The zero-order valence-corrected chi connectivity index (χ0v) is 14.0. The zero-order chi connectivity index (χ0) is 16.0. The van der Waals surface area contributed by atoms with E-state index in [1.54, 1.807) is 24.3 Å². The van der Waals surface area contributed by atoms with Crippen LogP contribution in [0, 0.1) is 0 Å². The second kappa shape index (κ2) is 7.87. The molecule has 0 saturated heterocycles. The molecule has 0 heterocycles. The summed E-state index contributed by atoms with van der Waals surface area (Å²) in [5, 5.41) is 2.19. The molecule has 1 aliphatic rings. The summed E-state index contributed by atoms with van der Waals surface area (Å²) in [5.41, 5.74) is 0. The summed E-state index contributed by atoms with van der Waals surface area (Å²) in [7, 11) is -4.54. The van der Waals surface area contributed by atoms with Crippen molar-refractivity contribution in [1.82, 2.24) is 5.32 Å². The number of amides is 1. The Labute approximate surface area is 133 Å². The molecular weight excluding hydrogens is 322 g/mol. The van der Waals surface area contributed by atoms with E-state index in [4.69, 9.17) is 0 Å². The van der Waals surface area contributed by atoms with Crippen LogP contribution in [0.4, 0.5) is 0 Å². The van der Waals surface area contributed by atoms with Gasteiger partial charge in [0.15, 0.2) is 9.84 Å². The van der Waals surface area contributed by atoms with Crippen molar-refractivity contribution < 1.29 is 17.4 Å². The largest absolute Gasteiger partial charge is 0.354 e. The molecule has 7 heteroatoms. The van der Waals surface area contributed by atoms with Gasteiger partial charge in [0, 0.05) is 17.2 Å². The second-order valence-electron chi connectivity index (χ2n) is 5.43. The number of sulfone groups is 1. The average Bonchev–Trinajstić information content (AvgIpc) is 3.02. The van der Waals surface area contributed by atoms with Crippen LogP contribution in [-0.4, -0.2) is 41.8 Å². The molecule has 1 N–H and O–H groups in total. The Kier molecular flexibility index (Phi) is 6.14. The molecule has 22 heavy (non-hydrogen) atoms. The Morgan fingerprint density at radius 3 is 2.45 bits per heavy atom. The van der Waals surface area contributed by atoms with Gasteiger partial charge in [0.1, 0.15) is 5.75 Å². The highest BCUT2D eigenvalue weighted by Gasteiger charge is 2.30. The maximum absolute atomic E-state index is 12.0. The minimum absolute atomic E-state index is 0.209. The van der Waals surface area contributed by atoms with E-state index in [1.165, 1.54) is 0 Å². The SMILES string of the molecule is O=C(CS(=O)(=O)C1CCCC1)NCCS(=O)c1ccccc1. The fourth-order valence-corrected chi connectivity index (χ4v) is 5.31. The quantitative estimate of drug-likeness (QED) is 0.808. The predicted octanol–water partition coefficient (Wildman–Crippen LogP) is 1.27. The molecule has 1 atom stereocenters. The number of hydrogen-bond donors (Lipinski definition) is 1. The molecule has 1 saturated carbocycles. The first-order valence-electron chi connectivity index (χ1n) is 7.41. The van der Waals surface area contributed by atoms with E-state index in [0.717, 1.165) is 12.8 Å². The third-order valence-corrected chi connectivity index (χ3v) is 7.28. The standard InChI is InChI=1S/C15H21NO4S2/c17-15(12-22(19,20)14-8-4-5-9-14)16-10-11-21(18)13-6-2-1-3-7-13/h1-3,6-7,14H,4-5,8-12H2,(H,16,17). The molecule has 0 radical (unpaired) electrons. The average molecular weight is 343 g/mol. The van der Waals surface area contributed by atoms with Crippen LogP contribution in [0.2, 0.25) is 0 Å². The van der Waals surface area contributed by atoms with E-state index in [0.29, 0.717) is 17.7 Å². The van der Waals surface area contributed by atoms with Crippen LogP contribution in [0.25, 0.3) is 0 Å². The number of benzene rings is 1. The number of hydrogen-bond acceptors (Lipinski definition) is 4. The van der Waals surface area contributed by atoms with E-state index in [9.17, 15) is 17.4 Å². The van der Waals surface area contributed by atoms with Crippen molar-refractivity contribution in [3.05, 3.63) is 30.3 Å². The number of nitrogens with one attached hydrogen (secondary N) is 1. The third kappa shape index (κ3) is 4.91. The maximum atomic E-state index is 12.0. The smallest absolute Gasteiger partial charge is 0.235 e.